The molecule has 0 aromatic rings. The number of piperazine rings is 1. The molecule has 4 saturated carbocycles. The van der Waals surface area contributed by atoms with E-state index in [2.05, 4.69) is 65.7 Å². The number of hydrogen-bond acceptors (Lipinski definition) is 6. The predicted octanol–water partition coefficient (Wildman–Crippen LogP) is 7.09. The maximum Gasteiger partial charge on any atom is 0.318 e. The summed E-state index contributed by atoms with van der Waals surface area (Å²) >= 11 is 0. The van der Waals surface area contributed by atoms with Crippen LogP contribution < -0.4 is 5.32 Å². The van der Waals surface area contributed by atoms with E-state index in [1.807, 2.05) is 4.90 Å². The van der Waals surface area contributed by atoms with Crippen molar-refractivity contribution in [2.45, 2.75) is 138 Å². The number of aliphatic carboxylic acids is 1. The number of carboxylic acids is 1. The molecule has 6 rings (SSSR count). The highest BCUT2D eigenvalue weighted by atomic mass is 16.5. The van der Waals surface area contributed by atoms with Crippen molar-refractivity contribution in [3.8, 4) is 0 Å². The minimum absolute atomic E-state index is 0.0120. The zero-order valence-electron chi connectivity index (χ0n) is 32.7. The Kier molecular flexibility index (Phi) is 9.21. The third-order valence-corrected chi connectivity index (χ3v) is 15.9. The summed E-state index contributed by atoms with van der Waals surface area (Å²) in [4.78, 5) is 56.8. The molecule has 9 heteroatoms. The summed E-state index contributed by atoms with van der Waals surface area (Å²) in [5, 5.41) is 13.1. The molecule has 1 saturated heterocycles. The number of esters is 1. The van der Waals surface area contributed by atoms with E-state index < -0.39 is 22.9 Å². The molecule has 0 spiro atoms. The number of nitrogens with one attached hydrogen (secondary N) is 1. The largest absolute Gasteiger partial charge is 0.481 e. The molecule has 5 aliphatic carbocycles. The first-order valence-electron chi connectivity index (χ1n) is 19.6. The summed E-state index contributed by atoms with van der Waals surface area (Å²) in [5.41, 5.74) is 0.365. The number of carbonyl (C=O) groups is 4. The Labute approximate surface area is 300 Å². The van der Waals surface area contributed by atoms with Crippen molar-refractivity contribution in [3.05, 3.63) is 11.1 Å². The molecule has 0 radical (unpaired) electrons. The molecule has 5 fully saturated rings. The van der Waals surface area contributed by atoms with Crippen LogP contribution in [0.5, 0.6) is 0 Å². The molecule has 2 N–H and O–H groups in total. The summed E-state index contributed by atoms with van der Waals surface area (Å²) in [6, 6.07) is -0.0175. The smallest absolute Gasteiger partial charge is 0.318 e. The molecule has 0 bridgehead atoms. The number of ketones is 1. The number of likely N-dealkylation sites (N-methyl/N-ethyl adjacent to an activating group) is 1. The minimum atomic E-state index is -1.16. The van der Waals surface area contributed by atoms with Gasteiger partial charge in [0.25, 0.3) is 0 Å². The van der Waals surface area contributed by atoms with Gasteiger partial charge in [-0.1, -0.05) is 48.5 Å². The molecule has 1 aliphatic heterocycles. The summed E-state index contributed by atoms with van der Waals surface area (Å²) in [6.07, 6.45) is 7.80. The van der Waals surface area contributed by atoms with Gasteiger partial charge in [-0.2, -0.15) is 0 Å². The van der Waals surface area contributed by atoms with Crippen molar-refractivity contribution >= 4 is 23.8 Å². The van der Waals surface area contributed by atoms with Crippen molar-refractivity contribution in [3.63, 3.8) is 0 Å². The molecule has 1 heterocycles. The van der Waals surface area contributed by atoms with Gasteiger partial charge >= 0.3 is 18.0 Å². The second kappa shape index (κ2) is 12.3. The van der Waals surface area contributed by atoms with Gasteiger partial charge in [-0.15, -0.1) is 0 Å². The van der Waals surface area contributed by atoms with Crippen molar-refractivity contribution in [2.24, 2.45) is 50.7 Å². The van der Waals surface area contributed by atoms with Crippen LogP contribution in [0.4, 0.5) is 4.79 Å². The summed E-state index contributed by atoms with van der Waals surface area (Å²) < 4.78 is 6.16. The van der Waals surface area contributed by atoms with Gasteiger partial charge in [0, 0.05) is 38.0 Å². The fraction of sp³-hybridized carbons (Fsp3) is 0.854. The van der Waals surface area contributed by atoms with Gasteiger partial charge in [0.2, 0.25) is 0 Å². The van der Waals surface area contributed by atoms with Crippen LogP contribution >= 0.6 is 0 Å². The Morgan fingerprint density at radius 2 is 1.56 bits per heavy atom. The number of nitrogens with zero attached hydrogens (tertiary/aromatic N) is 2. The number of rotatable bonds is 6. The van der Waals surface area contributed by atoms with Crippen LogP contribution in [0, 0.1) is 50.7 Å². The third-order valence-electron chi connectivity index (χ3n) is 15.9. The molecule has 0 aromatic heterocycles. The number of Topliss-reactive ketones (excluding diaryl/α,β-unsaturated/α-hetero) is 1. The quantitative estimate of drug-likeness (QED) is 0.285. The topological polar surface area (TPSA) is 116 Å². The fourth-order valence-corrected chi connectivity index (χ4v) is 12.9. The maximum atomic E-state index is 14.0. The minimum Gasteiger partial charge on any atom is -0.481 e. The molecule has 0 aromatic carbocycles. The molecular weight excluding hydrogens is 630 g/mol. The predicted molar refractivity (Wildman–Crippen MR) is 193 cm³/mol. The highest BCUT2D eigenvalue weighted by Crippen LogP contribution is 2.76. The Bertz CT molecular complexity index is 1460. The molecule has 6 unspecified atom stereocenters. The molecular formula is C41H65N3O6. The first-order valence-corrected chi connectivity index (χ1v) is 19.6. The molecule has 2 amide bonds. The van der Waals surface area contributed by atoms with Gasteiger partial charge in [0.15, 0.2) is 5.78 Å². The second-order valence-electron chi connectivity index (χ2n) is 19.7. The first-order chi connectivity index (χ1) is 23.1. The van der Waals surface area contributed by atoms with Gasteiger partial charge in [-0.3, -0.25) is 14.4 Å². The first kappa shape index (κ1) is 37.3. The van der Waals surface area contributed by atoms with Gasteiger partial charge in [0.1, 0.15) is 6.10 Å². The summed E-state index contributed by atoms with van der Waals surface area (Å²) in [7, 11) is 2.10. The number of urea groups is 1. The monoisotopic (exact) mass is 695 g/mol. The van der Waals surface area contributed by atoms with Crippen LogP contribution in [0.15, 0.2) is 11.1 Å². The Morgan fingerprint density at radius 3 is 2.18 bits per heavy atom. The highest BCUT2D eigenvalue weighted by molar-refractivity contribution is 6.02. The van der Waals surface area contributed by atoms with Gasteiger partial charge < -0.3 is 25.0 Å². The van der Waals surface area contributed by atoms with E-state index in [4.69, 9.17) is 4.74 Å². The Balaban J connectivity index is 1.28. The van der Waals surface area contributed by atoms with E-state index in [9.17, 15) is 24.3 Å². The molecule has 50 heavy (non-hydrogen) atoms. The SMILES string of the molecule is CC(C)C1=C2C3CCC4C5(C)CCC(OC(=O)CC(C)(C)C(=O)O)C(C)(C)C5CCC4(C)[C@]3(C)CC[C@@]2(NC(=O)N2CCN(C)CC2)CC1=O. The number of carboxylic acid groups (broad SMARTS) is 1. The Morgan fingerprint density at radius 1 is 0.900 bits per heavy atom. The van der Waals surface area contributed by atoms with Crippen LogP contribution in [-0.2, 0) is 19.1 Å². The summed E-state index contributed by atoms with van der Waals surface area (Å²) in [6.45, 7) is 22.7. The highest BCUT2D eigenvalue weighted by Gasteiger charge is 2.70. The van der Waals surface area contributed by atoms with Gasteiger partial charge in [-0.25, -0.2) is 4.79 Å². The van der Waals surface area contributed by atoms with E-state index in [0.29, 0.717) is 31.3 Å². The molecule has 280 valence electrons. The fourth-order valence-electron chi connectivity index (χ4n) is 12.9. The number of allylic oxidation sites excluding steroid dienone is 1. The number of carbonyl (C=O) groups excluding carboxylic acids is 3. The van der Waals surface area contributed by atoms with Crippen molar-refractivity contribution in [2.75, 3.05) is 33.2 Å². The van der Waals surface area contributed by atoms with Gasteiger partial charge in [-0.05, 0) is 123 Å². The summed E-state index contributed by atoms with van der Waals surface area (Å²) in [5.74, 6) is 0.0378. The van der Waals surface area contributed by atoms with Crippen LogP contribution in [0.2, 0.25) is 0 Å². The molecule has 8 atom stereocenters. The Hall–Kier alpha value is -2.42. The number of ether oxygens (including phenoxy) is 1. The lowest BCUT2D eigenvalue weighted by molar-refractivity contribution is -0.232. The normalized spacial score (nSPS) is 40.1. The number of amides is 2. The zero-order valence-corrected chi connectivity index (χ0v) is 32.7. The van der Waals surface area contributed by atoms with Crippen LogP contribution in [0.3, 0.4) is 0 Å². The van der Waals surface area contributed by atoms with E-state index >= 15 is 0 Å². The average Bonchev–Trinajstić information content (AvgIpc) is 3.30. The lowest BCUT2D eigenvalue weighted by Gasteiger charge is -2.72. The third kappa shape index (κ3) is 5.57. The van der Waals surface area contributed by atoms with Crippen molar-refractivity contribution < 1.29 is 29.0 Å². The lowest BCUT2D eigenvalue weighted by atomic mass is 9.33. The van der Waals surface area contributed by atoms with Crippen molar-refractivity contribution in [1.82, 2.24) is 15.1 Å². The average molecular weight is 696 g/mol. The van der Waals surface area contributed by atoms with Crippen LogP contribution in [0.1, 0.15) is 127 Å². The molecule has 9 nitrogen and oxygen atoms in total. The lowest BCUT2D eigenvalue weighted by Crippen LogP contribution is -2.68. The van der Waals surface area contributed by atoms with Crippen LogP contribution in [0.25, 0.3) is 0 Å². The number of fused-ring (bicyclic) bond motifs is 7. The van der Waals surface area contributed by atoms with Gasteiger partial charge in [0.05, 0.1) is 17.4 Å². The van der Waals surface area contributed by atoms with E-state index in [1.54, 1.807) is 13.8 Å². The van der Waals surface area contributed by atoms with E-state index in [0.717, 1.165) is 70.0 Å². The van der Waals surface area contributed by atoms with E-state index in [1.165, 1.54) is 5.57 Å². The van der Waals surface area contributed by atoms with Crippen molar-refractivity contribution in [1.29, 1.82) is 0 Å². The standard InChI is InChI=1S/C41H65N3O6/c1-25(2)32-27(45)23-41(42-35(49)44-21-19-43(10)20-22-44)18-17-39(8)26(33(32)41)11-12-29-38(7)15-14-30(50-31(46)24-36(3,4)34(47)48)37(5,6)28(38)13-16-40(29,39)9/h25-26,28-30H,11-24H2,1-10H3,(H,42,49)(H,47,48)/t26?,28?,29?,30?,38?,39-,40?,41-/m1/s1. The second-order valence-corrected chi connectivity index (χ2v) is 19.7. The molecule has 6 aliphatic rings. The van der Waals surface area contributed by atoms with Crippen LogP contribution in [-0.4, -0.2) is 83.5 Å². The number of hydrogen-bond donors (Lipinski definition) is 2. The maximum absolute atomic E-state index is 14.0. The zero-order chi connectivity index (χ0) is 36.8. The van der Waals surface area contributed by atoms with E-state index in [-0.39, 0.29) is 57.8 Å².